The third kappa shape index (κ3) is 2.00. The molecule has 0 bridgehead atoms. The second-order valence-corrected chi connectivity index (χ2v) is 4.54. The van der Waals surface area contributed by atoms with E-state index in [-0.39, 0.29) is 22.8 Å². The highest BCUT2D eigenvalue weighted by Gasteiger charge is 2.50. The van der Waals surface area contributed by atoms with Gasteiger partial charge in [0.2, 0.25) is 11.8 Å². The van der Waals surface area contributed by atoms with Crippen LogP contribution in [0.3, 0.4) is 0 Å². The molecule has 1 fully saturated rings. The topological polar surface area (TPSA) is 58.2 Å². The number of carbonyl (C=O) groups excluding carboxylic acids is 2. The molecular formula is C11H16N2O2S. The zero-order valence-electron chi connectivity index (χ0n) is 9.66. The van der Waals surface area contributed by atoms with Crippen LogP contribution >= 0.6 is 12.2 Å². The molecule has 1 heterocycles. The van der Waals surface area contributed by atoms with Crippen molar-refractivity contribution in [2.75, 3.05) is 0 Å². The Kier molecular flexibility index (Phi) is 3.80. The van der Waals surface area contributed by atoms with Gasteiger partial charge in [-0.1, -0.05) is 26.0 Å². The van der Waals surface area contributed by atoms with Crippen LogP contribution in [-0.4, -0.2) is 16.9 Å². The van der Waals surface area contributed by atoms with E-state index in [4.69, 9.17) is 12.2 Å². The molecule has 1 aliphatic heterocycles. The van der Waals surface area contributed by atoms with Crippen LogP contribution in [0.5, 0.6) is 0 Å². The first-order valence-electron chi connectivity index (χ1n) is 5.23. The van der Waals surface area contributed by atoms with Gasteiger partial charge in [-0.2, -0.15) is 0 Å². The van der Waals surface area contributed by atoms with Crippen LogP contribution in [-0.2, 0) is 9.59 Å². The fraction of sp³-hybridized carbons (Fsp3) is 0.545. The molecule has 0 aromatic rings. The fourth-order valence-electron chi connectivity index (χ4n) is 1.81. The Morgan fingerprint density at radius 1 is 1.31 bits per heavy atom. The Hall–Kier alpha value is -1.23. The molecule has 2 N–H and O–H groups in total. The summed E-state index contributed by atoms with van der Waals surface area (Å²) in [6.45, 7) is 5.57. The van der Waals surface area contributed by atoms with Gasteiger partial charge in [0.25, 0.3) is 0 Å². The number of rotatable bonds is 3. The normalized spacial score (nSPS) is 20.1. The summed E-state index contributed by atoms with van der Waals surface area (Å²) in [4.78, 5) is 24.0. The first kappa shape index (κ1) is 12.8. The maximum Gasteiger partial charge on any atom is 0.242 e. The fourth-order valence-corrected chi connectivity index (χ4v) is 2.00. The summed E-state index contributed by atoms with van der Waals surface area (Å²) in [5.41, 5.74) is -1.05. The zero-order valence-corrected chi connectivity index (χ0v) is 10.5. The SMILES string of the molecule is C/C=C\CC1(C(C)C)C(=O)NC(=S)NC1=O. The number of allylic oxidation sites excluding steroid dienone is 2. The molecule has 1 saturated heterocycles. The smallest absolute Gasteiger partial charge is 0.242 e. The van der Waals surface area contributed by atoms with E-state index in [1.54, 1.807) is 0 Å². The number of nitrogens with one attached hydrogen (secondary N) is 2. The van der Waals surface area contributed by atoms with Crippen molar-refractivity contribution in [1.29, 1.82) is 0 Å². The Balaban J connectivity index is 3.11. The summed E-state index contributed by atoms with van der Waals surface area (Å²) in [5.74, 6) is -0.712. The summed E-state index contributed by atoms with van der Waals surface area (Å²) in [7, 11) is 0. The quantitative estimate of drug-likeness (QED) is 0.441. The molecule has 0 aliphatic carbocycles. The third-order valence-corrected chi connectivity index (χ3v) is 3.13. The lowest BCUT2D eigenvalue weighted by Gasteiger charge is -2.37. The van der Waals surface area contributed by atoms with Crippen LogP contribution in [0.1, 0.15) is 27.2 Å². The van der Waals surface area contributed by atoms with Crippen molar-refractivity contribution in [3.05, 3.63) is 12.2 Å². The summed E-state index contributed by atoms with van der Waals surface area (Å²) >= 11 is 4.78. The summed E-state index contributed by atoms with van der Waals surface area (Å²) in [6, 6.07) is 0. The Labute approximate surface area is 100 Å². The summed E-state index contributed by atoms with van der Waals surface area (Å²) in [5, 5.41) is 5.12. The largest absolute Gasteiger partial charge is 0.302 e. The van der Waals surface area contributed by atoms with Crippen molar-refractivity contribution in [2.45, 2.75) is 27.2 Å². The van der Waals surface area contributed by atoms with Crippen LogP contribution in [0.4, 0.5) is 0 Å². The van der Waals surface area contributed by atoms with Crippen molar-refractivity contribution in [3.8, 4) is 0 Å². The molecule has 88 valence electrons. The zero-order chi connectivity index (χ0) is 12.3. The maximum atomic E-state index is 12.0. The van der Waals surface area contributed by atoms with E-state index >= 15 is 0 Å². The second-order valence-electron chi connectivity index (χ2n) is 4.14. The van der Waals surface area contributed by atoms with Crippen LogP contribution in [0.2, 0.25) is 0 Å². The van der Waals surface area contributed by atoms with Crippen LogP contribution in [0.15, 0.2) is 12.2 Å². The van der Waals surface area contributed by atoms with Crippen molar-refractivity contribution < 1.29 is 9.59 Å². The standard InChI is InChI=1S/C11H16N2O2S/c1-4-5-6-11(7(2)3)8(14)12-10(16)13-9(11)15/h4-5,7H,6H2,1-3H3,(H2,12,13,14,15,16)/b5-4-. The maximum absolute atomic E-state index is 12.0. The van der Waals surface area contributed by atoms with Crippen molar-refractivity contribution >= 4 is 29.1 Å². The molecule has 0 atom stereocenters. The Bertz CT molecular complexity index is 341. The van der Waals surface area contributed by atoms with Gasteiger partial charge in [-0.05, 0) is 31.5 Å². The van der Waals surface area contributed by atoms with Gasteiger partial charge in [0.15, 0.2) is 5.11 Å². The summed E-state index contributed by atoms with van der Waals surface area (Å²) < 4.78 is 0. The molecule has 16 heavy (non-hydrogen) atoms. The summed E-state index contributed by atoms with van der Waals surface area (Å²) in [6.07, 6.45) is 4.05. The molecule has 4 nitrogen and oxygen atoms in total. The van der Waals surface area contributed by atoms with Gasteiger partial charge in [-0.3, -0.25) is 9.59 Å². The molecule has 2 amide bonds. The first-order chi connectivity index (χ1) is 7.45. The molecule has 0 saturated carbocycles. The van der Waals surface area contributed by atoms with Gasteiger partial charge >= 0.3 is 0 Å². The van der Waals surface area contributed by atoms with E-state index in [2.05, 4.69) is 10.6 Å². The van der Waals surface area contributed by atoms with E-state index < -0.39 is 5.41 Å². The van der Waals surface area contributed by atoms with Gasteiger partial charge < -0.3 is 10.6 Å². The average molecular weight is 240 g/mol. The van der Waals surface area contributed by atoms with Crippen LogP contribution in [0.25, 0.3) is 0 Å². The van der Waals surface area contributed by atoms with Crippen molar-refractivity contribution in [2.24, 2.45) is 11.3 Å². The van der Waals surface area contributed by atoms with Crippen molar-refractivity contribution in [3.63, 3.8) is 0 Å². The highest BCUT2D eigenvalue weighted by Crippen LogP contribution is 2.34. The highest BCUT2D eigenvalue weighted by atomic mass is 32.1. The van der Waals surface area contributed by atoms with Gasteiger partial charge in [-0.15, -0.1) is 0 Å². The molecule has 1 aliphatic rings. The monoisotopic (exact) mass is 240 g/mol. The number of hydrogen-bond donors (Lipinski definition) is 2. The number of carbonyl (C=O) groups is 2. The predicted molar refractivity (Wildman–Crippen MR) is 65.6 cm³/mol. The molecule has 0 radical (unpaired) electrons. The Morgan fingerprint density at radius 3 is 2.19 bits per heavy atom. The number of amides is 2. The Morgan fingerprint density at radius 2 is 1.81 bits per heavy atom. The van der Waals surface area contributed by atoms with Gasteiger partial charge in [0, 0.05) is 0 Å². The van der Waals surface area contributed by atoms with E-state index in [1.807, 2.05) is 32.9 Å². The molecule has 5 heteroatoms. The second kappa shape index (κ2) is 4.74. The van der Waals surface area contributed by atoms with Crippen LogP contribution < -0.4 is 10.6 Å². The number of hydrogen-bond acceptors (Lipinski definition) is 3. The molecule has 0 spiro atoms. The number of thiocarbonyl (C=S) groups is 1. The minimum absolute atomic E-state index is 0.0896. The molecule has 0 unspecified atom stereocenters. The van der Waals surface area contributed by atoms with E-state index in [0.29, 0.717) is 6.42 Å². The predicted octanol–water partition coefficient (Wildman–Crippen LogP) is 1.13. The van der Waals surface area contributed by atoms with Gasteiger partial charge in [0.05, 0.1) is 0 Å². The van der Waals surface area contributed by atoms with E-state index in [0.717, 1.165) is 0 Å². The lowest BCUT2D eigenvalue weighted by atomic mass is 9.72. The molecular weight excluding hydrogens is 224 g/mol. The molecule has 0 aromatic carbocycles. The van der Waals surface area contributed by atoms with Gasteiger partial charge in [-0.25, -0.2) is 0 Å². The molecule has 0 aromatic heterocycles. The minimum atomic E-state index is -1.05. The van der Waals surface area contributed by atoms with Crippen LogP contribution in [0, 0.1) is 11.3 Å². The highest BCUT2D eigenvalue weighted by molar-refractivity contribution is 7.80. The third-order valence-electron chi connectivity index (χ3n) is 2.93. The van der Waals surface area contributed by atoms with E-state index in [9.17, 15) is 9.59 Å². The molecule has 1 rings (SSSR count). The first-order valence-corrected chi connectivity index (χ1v) is 5.64. The minimum Gasteiger partial charge on any atom is -0.302 e. The van der Waals surface area contributed by atoms with Crippen molar-refractivity contribution in [1.82, 2.24) is 10.6 Å². The lowest BCUT2D eigenvalue weighted by molar-refractivity contribution is -0.146. The lowest BCUT2D eigenvalue weighted by Crippen LogP contribution is -2.64. The average Bonchev–Trinajstić information content (AvgIpc) is 2.16. The van der Waals surface area contributed by atoms with Gasteiger partial charge in [0.1, 0.15) is 5.41 Å². The van der Waals surface area contributed by atoms with E-state index in [1.165, 1.54) is 0 Å².